The van der Waals surface area contributed by atoms with Gasteiger partial charge in [-0.2, -0.15) is 0 Å². The highest BCUT2D eigenvalue weighted by Gasteiger charge is 2.28. The van der Waals surface area contributed by atoms with Crippen LogP contribution in [0, 0.1) is 11.8 Å². The summed E-state index contributed by atoms with van der Waals surface area (Å²) in [5.74, 6) is 0.312. The van der Waals surface area contributed by atoms with Crippen molar-refractivity contribution in [2.75, 3.05) is 6.61 Å². The minimum absolute atomic E-state index is 0.00663. The van der Waals surface area contributed by atoms with Crippen molar-refractivity contribution < 1.29 is 20.4 Å². The van der Waals surface area contributed by atoms with Crippen LogP contribution in [0.3, 0.4) is 0 Å². The first kappa shape index (κ1) is 14.9. The summed E-state index contributed by atoms with van der Waals surface area (Å²) in [6.45, 7) is 0.232. The maximum atomic E-state index is 10.0. The molecular weight excluding hydrogens is 220 g/mol. The molecule has 0 aromatic rings. The number of aliphatic hydroxyl groups is 4. The minimum atomic E-state index is -1.20. The molecule has 4 nitrogen and oxygen atoms in total. The third-order valence-corrected chi connectivity index (χ3v) is 3.94. The van der Waals surface area contributed by atoms with Gasteiger partial charge in [-0.15, -0.1) is 0 Å². The van der Waals surface area contributed by atoms with Crippen LogP contribution in [0.15, 0.2) is 0 Å². The Labute approximate surface area is 103 Å². The van der Waals surface area contributed by atoms with E-state index in [1.54, 1.807) is 0 Å². The fraction of sp³-hybridized carbons (Fsp3) is 1.00. The van der Waals surface area contributed by atoms with E-state index < -0.39 is 6.29 Å². The quantitative estimate of drug-likeness (QED) is 0.399. The van der Waals surface area contributed by atoms with Gasteiger partial charge in [-0.3, -0.25) is 0 Å². The average Bonchev–Trinajstić information content (AvgIpc) is 2.34. The highest BCUT2D eigenvalue weighted by Crippen LogP contribution is 2.33. The lowest BCUT2D eigenvalue weighted by Gasteiger charge is -2.32. The predicted octanol–water partition coefficient (Wildman–Crippen LogP) is 1.02. The molecule has 1 unspecified atom stereocenters. The van der Waals surface area contributed by atoms with E-state index in [0.717, 1.165) is 51.4 Å². The largest absolute Gasteiger partial charge is 0.396 e. The van der Waals surface area contributed by atoms with Crippen molar-refractivity contribution in [2.45, 2.75) is 63.8 Å². The fourth-order valence-corrected chi connectivity index (χ4v) is 2.71. The minimum Gasteiger partial charge on any atom is -0.396 e. The van der Waals surface area contributed by atoms with Gasteiger partial charge in [0.15, 0.2) is 6.29 Å². The van der Waals surface area contributed by atoms with Gasteiger partial charge in [0.2, 0.25) is 0 Å². The number of unbranched alkanes of at least 4 members (excludes halogenated alkanes) is 2. The van der Waals surface area contributed by atoms with Gasteiger partial charge in [0.05, 0.1) is 6.10 Å². The molecule has 102 valence electrons. The van der Waals surface area contributed by atoms with Crippen molar-refractivity contribution in [1.29, 1.82) is 0 Å². The molecular formula is C13H26O4. The van der Waals surface area contributed by atoms with Crippen molar-refractivity contribution in [2.24, 2.45) is 11.8 Å². The molecule has 1 aliphatic carbocycles. The van der Waals surface area contributed by atoms with E-state index in [0.29, 0.717) is 5.92 Å². The molecule has 0 amide bonds. The molecule has 0 aliphatic heterocycles. The predicted molar refractivity (Wildman–Crippen MR) is 65.2 cm³/mol. The fourth-order valence-electron chi connectivity index (χ4n) is 2.71. The van der Waals surface area contributed by atoms with Crippen LogP contribution in [0.25, 0.3) is 0 Å². The summed E-state index contributed by atoms with van der Waals surface area (Å²) in [7, 11) is 0. The third kappa shape index (κ3) is 5.34. The summed E-state index contributed by atoms with van der Waals surface area (Å²) in [5, 5.41) is 36.8. The van der Waals surface area contributed by atoms with Gasteiger partial charge in [-0.25, -0.2) is 0 Å². The van der Waals surface area contributed by atoms with Crippen LogP contribution in [0.2, 0.25) is 0 Å². The average molecular weight is 246 g/mol. The second-order valence-corrected chi connectivity index (χ2v) is 5.23. The van der Waals surface area contributed by atoms with Gasteiger partial charge < -0.3 is 20.4 Å². The van der Waals surface area contributed by atoms with Crippen molar-refractivity contribution in [3.8, 4) is 0 Å². The molecule has 0 heterocycles. The summed E-state index contributed by atoms with van der Waals surface area (Å²) in [4.78, 5) is 0. The molecule has 0 aromatic carbocycles. The van der Waals surface area contributed by atoms with E-state index in [4.69, 9.17) is 15.3 Å². The Morgan fingerprint density at radius 2 is 1.41 bits per heavy atom. The van der Waals surface area contributed by atoms with E-state index in [1.807, 2.05) is 0 Å². The van der Waals surface area contributed by atoms with Crippen LogP contribution in [-0.4, -0.2) is 39.4 Å². The van der Waals surface area contributed by atoms with Gasteiger partial charge in [-0.05, 0) is 44.4 Å². The van der Waals surface area contributed by atoms with Gasteiger partial charge in [0.25, 0.3) is 0 Å². The van der Waals surface area contributed by atoms with E-state index in [-0.39, 0.29) is 18.6 Å². The zero-order chi connectivity index (χ0) is 12.7. The second kappa shape index (κ2) is 8.03. The summed E-state index contributed by atoms with van der Waals surface area (Å²) >= 11 is 0. The van der Waals surface area contributed by atoms with Crippen LogP contribution in [0.1, 0.15) is 51.4 Å². The SMILES string of the molecule is OCCCCCC(O)C1CCC(C(O)O)CC1. The first-order valence-electron chi connectivity index (χ1n) is 6.80. The maximum absolute atomic E-state index is 10.0. The highest BCUT2D eigenvalue weighted by molar-refractivity contribution is 4.78. The molecule has 0 aromatic heterocycles. The van der Waals surface area contributed by atoms with E-state index in [2.05, 4.69) is 0 Å². The molecule has 1 aliphatic rings. The Kier molecular flexibility index (Phi) is 7.04. The normalized spacial score (nSPS) is 27.4. The Balaban J connectivity index is 2.14. The monoisotopic (exact) mass is 246 g/mol. The van der Waals surface area contributed by atoms with Crippen LogP contribution in [0.5, 0.6) is 0 Å². The molecule has 0 spiro atoms. The molecule has 4 heteroatoms. The molecule has 1 rings (SSSR count). The zero-order valence-corrected chi connectivity index (χ0v) is 10.5. The van der Waals surface area contributed by atoms with Crippen LogP contribution in [0.4, 0.5) is 0 Å². The van der Waals surface area contributed by atoms with Crippen molar-refractivity contribution in [3.63, 3.8) is 0 Å². The lowest BCUT2D eigenvalue weighted by atomic mass is 9.78. The Hall–Kier alpha value is -0.160. The molecule has 17 heavy (non-hydrogen) atoms. The van der Waals surface area contributed by atoms with E-state index >= 15 is 0 Å². The van der Waals surface area contributed by atoms with Gasteiger partial charge >= 0.3 is 0 Å². The van der Waals surface area contributed by atoms with Crippen molar-refractivity contribution in [1.82, 2.24) is 0 Å². The molecule has 0 saturated heterocycles. The summed E-state index contributed by atoms with van der Waals surface area (Å²) < 4.78 is 0. The first-order valence-corrected chi connectivity index (χ1v) is 6.80. The first-order chi connectivity index (χ1) is 8.15. The van der Waals surface area contributed by atoms with Crippen molar-refractivity contribution >= 4 is 0 Å². The number of hydrogen-bond donors (Lipinski definition) is 4. The lowest BCUT2D eigenvalue weighted by molar-refractivity contribution is -0.100. The number of hydrogen-bond acceptors (Lipinski definition) is 4. The molecule has 1 atom stereocenters. The Bertz CT molecular complexity index is 188. The number of aliphatic hydroxyl groups excluding tert-OH is 3. The molecule has 1 fully saturated rings. The van der Waals surface area contributed by atoms with Crippen LogP contribution in [-0.2, 0) is 0 Å². The van der Waals surface area contributed by atoms with Crippen LogP contribution >= 0.6 is 0 Å². The zero-order valence-electron chi connectivity index (χ0n) is 10.5. The second-order valence-electron chi connectivity index (χ2n) is 5.23. The summed E-state index contributed by atoms with van der Waals surface area (Å²) in [6, 6.07) is 0. The summed E-state index contributed by atoms with van der Waals surface area (Å²) in [6.07, 6.45) is 5.48. The molecule has 0 radical (unpaired) electrons. The van der Waals surface area contributed by atoms with Crippen molar-refractivity contribution in [3.05, 3.63) is 0 Å². The van der Waals surface area contributed by atoms with Gasteiger partial charge in [0, 0.05) is 12.5 Å². The third-order valence-electron chi connectivity index (χ3n) is 3.94. The summed E-state index contributed by atoms with van der Waals surface area (Å²) in [5.41, 5.74) is 0. The Morgan fingerprint density at radius 1 is 0.824 bits per heavy atom. The topological polar surface area (TPSA) is 80.9 Å². The van der Waals surface area contributed by atoms with Crippen LogP contribution < -0.4 is 0 Å². The standard InChI is InChI=1S/C13H26O4/c14-9-3-1-2-4-12(15)10-5-7-11(8-6-10)13(16)17/h10-17H,1-9H2. The number of rotatable bonds is 7. The Morgan fingerprint density at radius 3 is 1.94 bits per heavy atom. The highest BCUT2D eigenvalue weighted by atomic mass is 16.5. The van der Waals surface area contributed by atoms with E-state index in [1.165, 1.54) is 0 Å². The lowest BCUT2D eigenvalue weighted by Crippen LogP contribution is -2.30. The molecule has 1 saturated carbocycles. The van der Waals surface area contributed by atoms with E-state index in [9.17, 15) is 5.11 Å². The van der Waals surface area contributed by atoms with Gasteiger partial charge in [0.1, 0.15) is 0 Å². The molecule has 4 N–H and O–H groups in total. The smallest absolute Gasteiger partial charge is 0.154 e. The molecule has 0 bridgehead atoms. The van der Waals surface area contributed by atoms with Gasteiger partial charge in [-0.1, -0.05) is 12.8 Å². The maximum Gasteiger partial charge on any atom is 0.154 e.